The first-order valence-electron chi connectivity index (χ1n) is 10.4. The standard InChI is InChI=1S/C24H30BrNO4S/c1-24(2,3)30-23(27)26-12-11-20(14-26)29-15-17-7-5-6-8-22(17)31-16-18-13-19(25)9-10-21(18)28-4/h5-10,13,20H,11-12,14-16H2,1-4H3. The fraction of sp³-hybridized carbons (Fsp3) is 0.458. The monoisotopic (exact) mass is 507 g/mol. The predicted octanol–water partition coefficient (Wildman–Crippen LogP) is 6.28. The van der Waals surface area contributed by atoms with Crippen molar-refractivity contribution in [2.24, 2.45) is 0 Å². The quantitative estimate of drug-likeness (QED) is 0.413. The molecule has 0 bridgehead atoms. The Labute approximate surface area is 197 Å². The van der Waals surface area contributed by atoms with Crippen molar-refractivity contribution in [1.82, 2.24) is 4.90 Å². The molecule has 0 radical (unpaired) electrons. The van der Waals surface area contributed by atoms with Crippen molar-refractivity contribution in [3.63, 3.8) is 0 Å². The zero-order valence-electron chi connectivity index (χ0n) is 18.5. The van der Waals surface area contributed by atoms with Gasteiger partial charge in [-0.25, -0.2) is 4.79 Å². The summed E-state index contributed by atoms with van der Waals surface area (Å²) in [6, 6.07) is 14.3. The number of carbonyl (C=O) groups excluding carboxylic acids is 1. The molecule has 1 aliphatic rings. The highest BCUT2D eigenvalue weighted by atomic mass is 79.9. The first-order valence-corrected chi connectivity index (χ1v) is 12.2. The van der Waals surface area contributed by atoms with Gasteiger partial charge in [0.05, 0.1) is 26.4 Å². The van der Waals surface area contributed by atoms with Crippen LogP contribution in [0.5, 0.6) is 5.75 Å². The maximum atomic E-state index is 12.3. The largest absolute Gasteiger partial charge is 0.496 e. The number of ether oxygens (including phenoxy) is 3. The lowest BCUT2D eigenvalue weighted by Gasteiger charge is -2.24. The molecule has 1 fully saturated rings. The normalized spacial score (nSPS) is 16.4. The zero-order chi connectivity index (χ0) is 22.4. The Bertz CT molecular complexity index is 899. The molecule has 1 saturated heterocycles. The van der Waals surface area contributed by atoms with Crippen molar-refractivity contribution >= 4 is 33.8 Å². The fourth-order valence-electron chi connectivity index (χ4n) is 3.34. The van der Waals surface area contributed by atoms with Crippen LogP contribution in [0.25, 0.3) is 0 Å². The summed E-state index contributed by atoms with van der Waals surface area (Å²) in [6.45, 7) is 7.40. The predicted molar refractivity (Wildman–Crippen MR) is 128 cm³/mol. The third-order valence-electron chi connectivity index (χ3n) is 4.87. The first kappa shape index (κ1) is 24.0. The van der Waals surface area contributed by atoms with E-state index >= 15 is 0 Å². The van der Waals surface area contributed by atoms with Crippen LogP contribution in [0.15, 0.2) is 51.8 Å². The molecule has 0 saturated carbocycles. The Kier molecular flexibility index (Phi) is 8.30. The highest BCUT2D eigenvalue weighted by Crippen LogP contribution is 2.32. The van der Waals surface area contributed by atoms with Crippen molar-refractivity contribution in [2.45, 2.75) is 56.2 Å². The van der Waals surface area contributed by atoms with Gasteiger partial charge in [0.25, 0.3) is 0 Å². The second-order valence-electron chi connectivity index (χ2n) is 8.50. The lowest BCUT2D eigenvalue weighted by atomic mass is 10.2. The molecule has 0 N–H and O–H groups in total. The smallest absolute Gasteiger partial charge is 0.410 e. The lowest BCUT2D eigenvalue weighted by molar-refractivity contribution is 0.0181. The highest BCUT2D eigenvalue weighted by Gasteiger charge is 2.30. The number of nitrogens with zero attached hydrogens (tertiary/aromatic N) is 1. The summed E-state index contributed by atoms with van der Waals surface area (Å²) in [4.78, 5) is 15.2. The van der Waals surface area contributed by atoms with Crippen LogP contribution < -0.4 is 4.74 Å². The minimum atomic E-state index is -0.483. The van der Waals surface area contributed by atoms with E-state index in [1.165, 1.54) is 4.90 Å². The maximum absolute atomic E-state index is 12.3. The van der Waals surface area contributed by atoms with E-state index in [1.807, 2.05) is 45.0 Å². The van der Waals surface area contributed by atoms with Crippen LogP contribution in [0.4, 0.5) is 4.79 Å². The Morgan fingerprint density at radius 3 is 2.71 bits per heavy atom. The van der Waals surface area contributed by atoms with E-state index in [0.29, 0.717) is 19.7 Å². The molecule has 1 atom stereocenters. The Balaban J connectivity index is 1.56. The van der Waals surface area contributed by atoms with Crippen molar-refractivity contribution in [3.05, 3.63) is 58.1 Å². The number of amides is 1. The minimum Gasteiger partial charge on any atom is -0.496 e. The van der Waals surface area contributed by atoms with Gasteiger partial charge in [-0.2, -0.15) is 0 Å². The van der Waals surface area contributed by atoms with Crippen molar-refractivity contribution in [3.8, 4) is 5.75 Å². The van der Waals surface area contributed by atoms with Crippen LogP contribution in [0.1, 0.15) is 38.3 Å². The van der Waals surface area contributed by atoms with Gasteiger partial charge in [-0.15, -0.1) is 11.8 Å². The summed E-state index contributed by atoms with van der Waals surface area (Å²) in [7, 11) is 1.70. The second-order valence-corrected chi connectivity index (χ2v) is 10.4. The molecule has 1 aliphatic heterocycles. The second kappa shape index (κ2) is 10.7. The number of likely N-dealkylation sites (tertiary alicyclic amines) is 1. The van der Waals surface area contributed by atoms with E-state index in [1.54, 1.807) is 23.8 Å². The van der Waals surface area contributed by atoms with E-state index < -0.39 is 5.60 Å². The van der Waals surface area contributed by atoms with E-state index in [4.69, 9.17) is 14.2 Å². The van der Waals surface area contributed by atoms with Gasteiger partial charge in [0, 0.05) is 27.2 Å². The van der Waals surface area contributed by atoms with Crippen LogP contribution in [0.3, 0.4) is 0 Å². The van der Waals surface area contributed by atoms with Crippen LogP contribution in [0.2, 0.25) is 0 Å². The molecule has 168 valence electrons. The molecule has 0 aliphatic carbocycles. The Morgan fingerprint density at radius 1 is 1.19 bits per heavy atom. The summed E-state index contributed by atoms with van der Waals surface area (Å²) in [5.41, 5.74) is 1.81. The van der Waals surface area contributed by atoms with Crippen LogP contribution in [-0.4, -0.2) is 42.9 Å². The fourth-order valence-corrected chi connectivity index (χ4v) is 4.78. The molecule has 31 heavy (non-hydrogen) atoms. The summed E-state index contributed by atoms with van der Waals surface area (Å²) in [5, 5.41) is 0. The van der Waals surface area contributed by atoms with E-state index in [0.717, 1.165) is 33.5 Å². The molecule has 2 aromatic rings. The number of hydrogen-bond donors (Lipinski definition) is 0. The minimum absolute atomic E-state index is 0.0238. The molecule has 0 aromatic heterocycles. The number of carbonyl (C=O) groups is 1. The molecule has 1 unspecified atom stereocenters. The Hall–Kier alpha value is -1.70. The molecular weight excluding hydrogens is 478 g/mol. The molecule has 3 rings (SSSR count). The number of methoxy groups -OCH3 is 1. The third kappa shape index (κ3) is 7.16. The lowest BCUT2D eigenvalue weighted by Crippen LogP contribution is -2.36. The zero-order valence-corrected chi connectivity index (χ0v) is 20.9. The molecule has 1 heterocycles. The summed E-state index contributed by atoms with van der Waals surface area (Å²) in [6.07, 6.45) is 0.581. The average molecular weight is 508 g/mol. The molecule has 5 nitrogen and oxygen atoms in total. The van der Waals surface area contributed by atoms with Crippen molar-refractivity contribution in [1.29, 1.82) is 0 Å². The van der Waals surface area contributed by atoms with Gasteiger partial charge in [0.15, 0.2) is 0 Å². The van der Waals surface area contributed by atoms with Gasteiger partial charge in [-0.3, -0.25) is 0 Å². The van der Waals surface area contributed by atoms with Gasteiger partial charge >= 0.3 is 6.09 Å². The van der Waals surface area contributed by atoms with Gasteiger partial charge in [0.2, 0.25) is 0 Å². The molecule has 0 spiro atoms. The molecule has 2 aromatic carbocycles. The third-order valence-corrected chi connectivity index (χ3v) is 6.53. The number of halogens is 1. The Morgan fingerprint density at radius 2 is 1.97 bits per heavy atom. The van der Waals surface area contributed by atoms with Gasteiger partial charge in [-0.1, -0.05) is 34.1 Å². The molecule has 1 amide bonds. The average Bonchev–Trinajstić information content (AvgIpc) is 3.19. The number of benzene rings is 2. The topological polar surface area (TPSA) is 48.0 Å². The van der Waals surface area contributed by atoms with E-state index in [9.17, 15) is 4.79 Å². The first-order chi connectivity index (χ1) is 14.7. The van der Waals surface area contributed by atoms with Gasteiger partial charge in [-0.05, 0) is 57.0 Å². The maximum Gasteiger partial charge on any atom is 0.410 e. The van der Waals surface area contributed by atoms with Crippen molar-refractivity contribution in [2.75, 3.05) is 20.2 Å². The van der Waals surface area contributed by atoms with Crippen molar-refractivity contribution < 1.29 is 19.0 Å². The number of thioether (sulfide) groups is 1. The number of hydrogen-bond acceptors (Lipinski definition) is 5. The van der Waals surface area contributed by atoms with Crippen LogP contribution in [0, 0.1) is 0 Å². The summed E-state index contributed by atoms with van der Waals surface area (Å²) >= 11 is 5.31. The van der Waals surface area contributed by atoms with E-state index in [2.05, 4.69) is 34.1 Å². The summed E-state index contributed by atoms with van der Waals surface area (Å²) in [5.74, 6) is 1.69. The van der Waals surface area contributed by atoms with Crippen LogP contribution in [-0.2, 0) is 21.8 Å². The summed E-state index contributed by atoms with van der Waals surface area (Å²) < 4.78 is 18.2. The molecular formula is C24H30BrNO4S. The van der Waals surface area contributed by atoms with Gasteiger partial charge < -0.3 is 19.1 Å². The molecule has 7 heteroatoms. The van der Waals surface area contributed by atoms with Crippen LogP contribution >= 0.6 is 27.7 Å². The number of rotatable bonds is 7. The highest BCUT2D eigenvalue weighted by molar-refractivity contribution is 9.10. The van der Waals surface area contributed by atoms with E-state index in [-0.39, 0.29) is 12.2 Å². The SMILES string of the molecule is COc1ccc(Br)cc1CSc1ccccc1COC1CCN(C(=O)OC(C)(C)C)C1. The van der Waals surface area contributed by atoms with Gasteiger partial charge in [0.1, 0.15) is 11.4 Å².